The van der Waals surface area contributed by atoms with Crippen molar-refractivity contribution in [2.45, 2.75) is 43.6 Å². The highest BCUT2D eigenvalue weighted by molar-refractivity contribution is 7.99. The van der Waals surface area contributed by atoms with Gasteiger partial charge >= 0.3 is 0 Å². The predicted molar refractivity (Wildman–Crippen MR) is 121 cm³/mol. The molecule has 3 aliphatic rings. The Balaban J connectivity index is 1.25. The number of hydrazine groups is 1. The van der Waals surface area contributed by atoms with Crippen molar-refractivity contribution in [2.75, 3.05) is 17.4 Å². The minimum absolute atomic E-state index is 0.00782. The molecule has 3 aromatic rings. The van der Waals surface area contributed by atoms with Gasteiger partial charge in [-0.1, -0.05) is 42.1 Å². The topological polar surface area (TPSA) is 87.1 Å². The van der Waals surface area contributed by atoms with E-state index in [0.29, 0.717) is 19.0 Å². The molecule has 0 spiro atoms. The second kappa shape index (κ2) is 7.94. The highest BCUT2D eigenvalue weighted by atomic mass is 32.2. The molecule has 8 nitrogen and oxygen atoms in total. The molecule has 6 rings (SSSR count). The lowest BCUT2D eigenvalue weighted by molar-refractivity contribution is -0.118. The minimum atomic E-state index is -0.00782. The lowest BCUT2D eigenvalue weighted by Crippen LogP contribution is -2.39. The number of thioether (sulfide) groups is 1. The van der Waals surface area contributed by atoms with Crippen molar-refractivity contribution in [1.29, 1.82) is 0 Å². The van der Waals surface area contributed by atoms with Gasteiger partial charge in [-0.15, -0.1) is 21.5 Å². The number of amides is 1. The zero-order valence-electron chi connectivity index (χ0n) is 16.9. The number of nitrogens with zero attached hydrogens (tertiary/aromatic N) is 4. The molecule has 1 saturated heterocycles. The van der Waals surface area contributed by atoms with Crippen LogP contribution in [0, 0.1) is 0 Å². The third kappa shape index (κ3) is 3.34. The summed E-state index contributed by atoms with van der Waals surface area (Å²) in [4.78, 5) is 13.9. The van der Waals surface area contributed by atoms with Crippen molar-refractivity contribution in [3.8, 4) is 5.00 Å². The van der Waals surface area contributed by atoms with Gasteiger partial charge in [-0.3, -0.25) is 15.1 Å². The molecule has 31 heavy (non-hydrogen) atoms. The lowest BCUT2D eigenvalue weighted by atomic mass is 9.94. The van der Waals surface area contributed by atoms with E-state index < -0.39 is 0 Å². The quantitative estimate of drug-likeness (QED) is 0.512. The number of anilines is 1. The molecule has 3 N–H and O–H groups in total. The first-order valence-corrected chi connectivity index (χ1v) is 12.4. The average molecular weight is 454 g/mol. The summed E-state index contributed by atoms with van der Waals surface area (Å²) in [5.74, 6) is 1.08. The monoisotopic (exact) mass is 453 g/mol. The molecule has 1 fully saturated rings. The van der Waals surface area contributed by atoms with Crippen LogP contribution in [0.25, 0.3) is 5.00 Å². The van der Waals surface area contributed by atoms with Crippen LogP contribution in [0.5, 0.6) is 0 Å². The van der Waals surface area contributed by atoms with Crippen LogP contribution in [-0.4, -0.2) is 33.1 Å². The summed E-state index contributed by atoms with van der Waals surface area (Å²) < 4.78 is 2.13. The smallest absolute Gasteiger partial charge is 0.249 e. The van der Waals surface area contributed by atoms with Gasteiger partial charge < -0.3 is 5.32 Å². The third-order valence-corrected chi connectivity index (χ3v) is 8.19. The van der Waals surface area contributed by atoms with Gasteiger partial charge in [0.15, 0.2) is 5.16 Å². The Morgan fingerprint density at radius 2 is 2.10 bits per heavy atom. The van der Waals surface area contributed by atoms with E-state index in [-0.39, 0.29) is 12.1 Å². The van der Waals surface area contributed by atoms with Crippen molar-refractivity contribution in [3.63, 3.8) is 0 Å². The lowest BCUT2D eigenvalue weighted by Gasteiger charge is -2.31. The van der Waals surface area contributed by atoms with Gasteiger partial charge in [0, 0.05) is 17.0 Å². The average Bonchev–Trinajstić information content (AvgIpc) is 3.52. The molecule has 1 atom stereocenters. The molecular formula is C21H23N7OS2. The highest BCUT2D eigenvalue weighted by Gasteiger charge is 2.41. The van der Waals surface area contributed by atoms with Gasteiger partial charge in [0.25, 0.3) is 0 Å². The summed E-state index contributed by atoms with van der Waals surface area (Å²) in [6, 6.07) is 9.95. The number of benzene rings is 1. The van der Waals surface area contributed by atoms with E-state index in [0.717, 1.165) is 29.5 Å². The Labute approximate surface area is 188 Å². The van der Waals surface area contributed by atoms with E-state index in [1.165, 1.54) is 45.6 Å². The molecule has 160 valence electrons. The first kappa shape index (κ1) is 19.3. The second-order valence-electron chi connectivity index (χ2n) is 7.91. The number of aromatic nitrogens is 3. The van der Waals surface area contributed by atoms with Gasteiger partial charge in [0.2, 0.25) is 11.9 Å². The van der Waals surface area contributed by atoms with Crippen LogP contribution in [-0.2, 0) is 24.2 Å². The number of hydrogen-bond donors (Lipinski definition) is 3. The molecule has 0 radical (unpaired) electrons. The number of aryl methyl sites for hydroxylation is 1. The molecular weight excluding hydrogens is 430 g/mol. The van der Waals surface area contributed by atoms with Crippen molar-refractivity contribution in [1.82, 2.24) is 30.8 Å². The SMILES string of the molecule is O=C(CSc1nnc2n1-c1sc3c(c1C1NCNN21)CCCC3)NCc1ccccc1. The first-order chi connectivity index (χ1) is 15.3. The maximum Gasteiger partial charge on any atom is 0.249 e. The Morgan fingerprint density at radius 1 is 1.23 bits per heavy atom. The van der Waals surface area contributed by atoms with E-state index in [4.69, 9.17) is 0 Å². The van der Waals surface area contributed by atoms with E-state index in [9.17, 15) is 4.79 Å². The molecule has 0 bridgehead atoms. The Bertz CT molecular complexity index is 1130. The van der Waals surface area contributed by atoms with Crippen LogP contribution in [0.1, 0.15) is 40.6 Å². The first-order valence-electron chi connectivity index (χ1n) is 10.6. The largest absolute Gasteiger partial charge is 0.351 e. The zero-order chi connectivity index (χ0) is 20.8. The van der Waals surface area contributed by atoms with Crippen molar-refractivity contribution in [2.24, 2.45) is 0 Å². The van der Waals surface area contributed by atoms with E-state index >= 15 is 0 Å². The summed E-state index contributed by atoms with van der Waals surface area (Å²) in [5.41, 5.74) is 7.32. The van der Waals surface area contributed by atoms with Crippen LogP contribution >= 0.6 is 23.1 Å². The van der Waals surface area contributed by atoms with Crippen molar-refractivity contribution >= 4 is 35.0 Å². The minimum Gasteiger partial charge on any atom is -0.351 e. The fraction of sp³-hybridized carbons (Fsp3) is 0.381. The number of fused-ring (bicyclic) bond motifs is 8. The Morgan fingerprint density at radius 3 is 3.00 bits per heavy atom. The predicted octanol–water partition coefficient (Wildman–Crippen LogP) is 2.50. The maximum atomic E-state index is 12.4. The number of carbonyl (C=O) groups is 1. The van der Waals surface area contributed by atoms with Crippen LogP contribution in [0.3, 0.4) is 0 Å². The summed E-state index contributed by atoms with van der Waals surface area (Å²) in [7, 11) is 0. The van der Waals surface area contributed by atoms with Crippen molar-refractivity contribution in [3.05, 3.63) is 51.9 Å². The molecule has 10 heteroatoms. The van der Waals surface area contributed by atoms with Crippen molar-refractivity contribution < 1.29 is 4.79 Å². The van der Waals surface area contributed by atoms with Crippen LogP contribution in [0.4, 0.5) is 5.95 Å². The van der Waals surface area contributed by atoms with Gasteiger partial charge in [-0.05, 0) is 36.8 Å². The molecule has 1 aliphatic carbocycles. The molecule has 1 aromatic carbocycles. The zero-order valence-corrected chi connectivity index (χ0v) is 18.6. The second-order valence-corrected chi connectivity index (χ2v) is 9.94. The number of carbonyl (C=O) groups excluding carboxylic acids is 1. The fourth-order valence-electron chi connectivity index (χ4n) is 4.52. The molecule has 2 aromatic heterocycles. The molecule has 4 heterocycles. The van der Waals surface area contributed by atoms with Gasteiger partial charge in [-0.25, -0.2) is 9.99 Å². The maximum absolute atomic E-state index is 12.4. The summed E-state index contributed by atoms with van der Waals surface area (Å²) >= 11 is 3.30. The Hall–Kier alpha value is -2.40. The van der Waals surface area contributed by atoms with Gasteiger partial charge in [-0.2, -0.15) is 0 Å². The number of hydrogen-bond acceptors (Lipinski definition) is 8. The van der Waals surface area contributed by atoms with Gasteiger partial charge in [0.1, 0.15) is 11.2 Å². The molecule has 1 unspecified atom stereocenters. The Kier molecular flexibility index (Phi) is 4.94. The number of rotatable bonds is 5. The molecule has 1 amide bonds. The summed E-state index contributed by atoms with van der Waals surface area (Å²) in [6.45, 7) is 1.23. The van der Waals surface area contributed by atoms with Crippen LogP contribution in [0.2, 0.25) is 0 Å². The fourth-order valence-corrected chi connectivity index (χ4v) is 6.76. The molecule has 0 saturated carbocycles. The highest BCUT2D eigenvalue weighted by Crippen LogP contribution is 2.47. The standard InChI is InChI=1S/C21H23N7OS2/c29-16(22-10-13-6-2-1-3-7-13)11-30-21-26-25-20-27(21)19-17(18-23-12-24-28(18)20)14-8-4-5-9-15(14)31-19/h1-3,6-7,18,23-24H,4-5,8-12H2,(H,22,29). The van der Waals surface area contributed by atoms with E-state index in [2.05, 4.69) is 35.8 Å². The van der Waals surface area contributed by atoms with E-state index in [1.54, 1.807) is 0 Å². The third-order valence-electron chi connectivity index (χ3n) is 5.97. The summed E-state index contributed by atoms with van der Waals surface area (Å²) in [5, 5.41) is 19.5. The van der Waals surface area contributed by atoms with Gasteiger partial charge in [0.05, 0.1) is 12.4 Å². The van der Waals surface area contributed by atoms with E-state index in [1.807, 2.05) is 41.7 Å². The summed E-state index contributed by atoms with van der Waals surface area (Å²) in [6.07, 6.45) is 4.88. The normalized spacial score (nSPS) is 18.8. The van der Waals surface area contributed by atoms with Crippen LogP contribution < -0.4 is 21.1 Å². The molecule has 2 aliphatic heterocycles. The number of thiophene rings is 1. The number of nitrogens with one attached hydrogen (secondary N) is 3. The van der Waals surface area contributed by atoms with Crippen LogP contribution in [0.15, 0.2) is 35.5 Å².